The minimum Gasteiger partial charge on any atom is -0.384 e. The SMILES string of the molecule is N=C(/C(C(N)=O)=C1/CN(C(=O)Nc2cc(F)c(F)c(F)c2)CCN1)c1ccc(F)c(Cl)c1. The fourth-order valence-electron chi connectivity index (χ4n) is 3.06. The van der Waals surface area contributed by atoms with Gasteiger partial charge in [0.05, 0.1) is 22.9 Å². The number of nitrogens with zero attached hydrogens (tertiary/aromatic N) is 1. The van der Waals surface area contributed by atoms with Gasteiger partial charge in [-0.1, -0.05) is 11.6 Å². The molecule has 0 bridgehead atoms. The van der Waals surface area contributed by atoms with E-state index in [0.29, 0.717) is 12.1 Å². The van der Waals surface area contributed by atoms with Gasteiger partial charge >= 0.3 is 6.03 Å². The smallest absolute Gasteiger partial charge is 0.322 e. The van der Waals surface area contributed by atoms with Gasteiger partial charge in [-0.05, 0) is 18.2 Å². The summed E-state index contributed by atoms with van der Waals surface area (Å²) in [4.78, 5) is 25.8. The molecule has 0 radical (unpaired) electrons. The molecule has 0 aliphatic carbocycles. The van der Waals surface area contributed by atoms with Crippen molar-refractivity contribution in [3.05, 3.63) is 75.5 Å². The van der Waals surface area contributed by atoms with E-state index >= 15 is 0 Å². The van der Waals surface area contributed by atoms with Crippen LogP contribution in [0.4, 0.5) is 28.0 Å². The Bertz CT molecular complexity index is 1130. The molecule has 0 atom stereocenters. The molecule has 1 heterocycles. The van der Waals surface area contributed by atoms with Crippen LogP contribution in [0.15, 0.2) is 41.6 Å². The lowest BCUT2D eigenvalue weighted by molar-refractivity contribution is -0.114. The number of nitrogens with one attached hydrogen (secondary N) is 3. The van der Waals surface area contributed by atoms with Gasteiger partial charge in [0.15, 0.2) is 17.5 Å². The number of nitrogens with two attached hydrogens (primary N) is 1. The maximum atomic E-state index is 13.4. The van der Waals surface area contributed by atoms with Gasteiger partial charge in [0.2, 0.25) is 0 Å². The highest BCUT2D eigenvalue weighted by Crippen LogP contribution is 2.21. The summed E-state index contributed by atoms with van der Waals surface area (Å²) < 4.78 is 53.3. The zero-order chi connectivity index (χ0) is 23.6. The number of urea groups is 1. The molecule has 168 valence electrons. The first-order valence-corrected chi connectivity index (χ1v) is 9.48. The lowest BCUT2D eigenvalue weighted by atomic mass is 9.99. The van der Waals surface area contributed by atoms with Gasteiger partial charge in [0, 0.05) is 42.2 Å². The first-order chi connectivity index (χ1) is 15.1. The Kier molecular flexibility index (Phi) is 6.68. The number of amides is 3. The minimum atomic E-state index is -1.67. The van der Waals surface area contributed by atoms with Crippen molar-refractivity contribution in [1.82, 2.24) is 10.2 Å². The van der Waals surface area contributed by atoms with E-state index in [2.05, 4.69) is 10.6 Å². The van der Waals surface area contributed by atoms with Crippen molar-refractivity contribution in [1.29, 1.82) is 5.41 Å². The molecule has 12 heteroatoms. The Labute approximate surface area is 184 Å². The fourth-order valence-corrected chi connectivity index (χ4v) is 3.24. The van der Waals surface area contributed by atoms with Crippen molar-refractivity contribution in [2.75, 3.05) is 25.0 Å². The van der Waals surface area contributed by atoms with E-state index in [4.69, 9.17) is 22.7 Å². The highest BCUT2D eigenvalue weighted by atomic mass is 35.5. The van der Waals surface area contributed by atoms with Crippen molar-refractivity contribution in [2.45, 2.75) is 0 Å². The van der Waals surface area contributed by atoms with Crippen LogP contribution in [-0.2, 0) is 4.79 Å². The second-order valence-corrected chi connectivity index (χ2v) is 7.16. The van der Waals surface area contributed by atoms with Crippen LogP contribution < -0.4 is 16.4 Å². The second kappa shape index (κ2) is 9.27. The third-order valence-electron chi connectivity index (χ3n) is 4.60. The van der Waals surface area contributed by atoms with Crippen LogP contribution in [0.25, 0.3) is 0 Å². The number of rotatable bonds is 4. The monoisotopic (exact) mass is 469 g/mol. The van der Waals surface area contributed by atoms with E-state index in [1.54, 1.807) is 0 Å². The number of benzene rings is 2. The molecule has 0 aromatic heterocycles. The standard InChI is InChI=1S/C20H16ClF4N5O2/c21-11-5-9(1-2-12(11)22)18(26)16(19(27)31)15-8-30(4-3-28-15)20(32)29-10-6-13(23)17(25)14(24)7-10/h1-2,5-7,26,28H,3-4,8H2,(H2,27,31)(H,29,32)/b16-15+,26-18?. The summed E-state index contributed by atoms with van der Waals surface area (Å²) in [5.74, 6) is -6.28. The number of carbonyl (C=O) groups excluding carboxylic acids is 2. The van der Waals surface area contributed by atoms with Crippen LogP contribution in [0.3, 0.4) is 0 Å². The molecule has 0 saturated carbocycles. The summed E-state index contributed by atoms with van der Waals surface area (Å²) in [5, 5.41) is 13.2. The molecule has 1 saturated heterocycles. The number of anilines is 1. The normalized spacial score (nSPS) is 15.1. The van der Waals surface area contributed by atoms with Crippen molar-refractivity contribution < 1.29 is 27.2 Å². The molecule has 5 N–H and O–H groups in total. The summed E-state index contributed by atoms with van der Waals surface area (Å²) in [6, 6.07) is 3.90. The lowest BCUT2D eigenvalue weighted by Gasteiger charge is -2.31. The van der Waals surface area contributed by atoms with Crippen molar-refractivity contribution in [3.63, 3.8) is 0 Å². The molecule has 3 amide bonds. The first kappa shape index (κ1) is 23.1. The lowest BCUT2D eigenvalue weighted by Crippen LogP contribution is -2.48. The zero-order valence-electron chi connectivity index (χ0n) is 16.2. The van der Waals surface area contributed by atoms with E-state index in [1.807, 2.05) is 0 Å². The summed E-state index contributed by atoms with van der Waals surface area (Å²) in [5.41, 5.74) is 4.81. The van der Waals surface area contributed by atoms with Crippen LogP contribution in [0.5, 0.6) is 0 Å². The largest absolute Gasteiger partial charge is 0.384 e. The molecular weight excluding hydrogens is 454 g/mol. The number of hydrogen-bond acceptors (Lipinski definition) is 4. The molecule has 0 spiro atoms. The highest BCUT2D eigenvalue weighted by molar-refractivity contribution is 6.32. The van der Waals surface area contributed by atoms with Crippen LogP contribution in [0, 0.1) is 28.7 Å². The quantitative estimate of drug-likeness (QED) is 0.239. The van der Waals surface area contributed by atoms with Crippen LogP contribution in [-0.4, -0.2) is 42.2 Å². The number of carbonyl (C=O) groups is 2. The molecule has 1 aliphatic rings. The van der Waals surface area contributed by atoms with Gasteiger partial charge in [-0.25, -0.2) is 22.4 Å². The number of halogens is 5. The van der Waals surface area contributed by atoms with Crippen molar-refractivity contribution in [2.24, 2.45) is 5.73 Å². The molecule has 32 heavy (non-hydrogen) atoms. The zero-order valence-corrected chi connectivity index (χ0v) is 17.0. The highest BCUT2D eigenvalue weighted by Gasteiger charge is 2.26. The molecule has 0 unspecified atom stereocenters. The first-order valence-electron chi connectivity index (χ1n) is 9.10. The Morgan fingerprint density at radius 2 is 1.75 bits per heavy atom. The average molecular weight is 470 g/mol. The Balaban J connectivity index is 1.85. The fraction of sp³-hybridized carbons (Fsp3) is 0.150. The Morgan fingerprint density at radius 1 is 1.09 bits per heavy atom. The van der Waals surface area contributed by atoms with Crippen LogP contribution in [0.2, 0.25) is 5.02 Å². The molecule has 2 aromatic carbocycles. The molecule has 7 nitrogen and oxygen atoms in total. The van der Waals surface area contributed by atoms with E-state index in [9.17, 15) is 27.2 Å². The van der Waals surface area contributed by atoms with E-state index < -0.39 is 35.2 Å². The Hall–Kier alpha value is -3.60. The van der Waals surface area contributed by atoms with Gasteiger partial charge in [-0.2, -0.15) is 0 Å². The molecule has 1 fully saturated rings. The van der Waals surface area contributed by atoms with Crippen LogP contribution >= 0.6 is 11.6 Å². The second-order valence-electron chi connectivity index (χ2n) is 6.75. The minimum absolute atomic E-state index is 0.123. The number of piperazine rings is 1. The molecular formula is C20H16ClF4N5O2. The van der Waals surface area contributed by atoms with Gasteiger partial charge in [-0.3, -0.25) is 10.2 Å². The van der Waals surface area contributed by atoms with Crippen molar-refractivity contribution >= 4 is 34.9 Å². The van der Waals surface area contributed by atoms with E-state index in [1.165, 1.54) is 11.0 Å². The maximum absolute atomic E-state index is 13.4. The predicted molar refractivity (Wildman–Crippen MR) is 109 cm³/mol. The third-order valence-corrected chi connectivity index (χ3v) is 4.89. The molecule has 3 rings (SSSR count). The average Bonchev–Trinajstić information content (AvgIpc) is 2.74. The topological polar surface area (TPSA) is 111 Å². The molecule has 1 aliphatic heterocycles. The molecule has 2 aromatic rings. The Morgan fingerprint density at radius 3 is 2.34 bits per heavy atom. The van der Waals surface area contributed by atoms with Gasteiger partial charge < -0.3 is 21.3 Å². The van der Waals surface area contributed by atoms with Crippen molar-refractivity contribution in [3.8, 4) is 0 Å². The van der Waals surface area contributed by atoms with Gasteiger partial charge in [0.25, 0.3) is 5.91 Å². The van der Waals surface area contributed by atoms with E-state index in [0.717, 1.165) is 12.1 Å². The summed E-state index contributed by atoms with van der Waals surface area (Å²) in [6.07, 6.45) is 0. The van der Waals surface area contributed by atoms with Gasteiger partial charge in [-0.15, -0.1) is 0 Å². The number of hydrogen-bond donors (Lipinski definition) is 4. The predicted octanol–water partition coefficient (Wildman–Crippen LogP) is 3.14. The van der Waals surface area contributed by atoms with Gasteiger partial charge in [0.1, 0.15) is 5.82 Å². The van der Waals surface area contributed by atoms with E-state index in [-0.39, 0.29) is 52.9 Å². The summed E-state index contributed by atoms with van der Waals surface area (Å²) in [7, 11) is 0. The number of primary amides is 1. The third kappa shape index (κ3) is 4.83. The summed E-state index contributed by atoms with van der Waals surface area (Å²) >= 11 is 5.74. The summed E-state index contributed by atoms with van der Waals surface area (Å²) in [6.45, 7) is 0.111. The maximum Gasteiger partial charge on any atom is 0.322 e. The van der Waals surface area contributed by atoms with Crippen LogP contribution in [0.1, 0.15) is 5.56 Å².